The van der Waals surface area contributed by atoms with Crippen molar-refractivity contribution in [3.8, 4) is 5.75 Å². The Morgan fingerprint density at radius 3 is 2.54 bits per heavy atom. The molecule has 1 N–H and O–H groups in total. The first-order chi connectivity index (χ1) is 13.6. The number of rotatable bonds is 7. The van der Waals surface area contributed by atoms with Crippen molar-refractivity contribution in [1.29, 1.82) is 0 Å². The van der Waals surface area contributed by atoms with E-state index in [0.29, 0.717) is 6.54 Å². The molecule has 1 aliphatic heterocycles. The van der Waals surface area contributed by atoms with E-state index in [1.807, 2.05) is 24.3 Å². The number of nitrogens with zero attached hydrogens (tertiary/aromatic N) is 1. The van der Waals surface area contributed by atoms with E-state index in [2.05, 4.69) is 10.2 Å². The zero-order valence-corrected chi connectivity index (χ0v) is 16.8. The van der Waals surface area contributed by atoms with Gasteiger partial charge in [-0.1, -0.05) is 36.2 Å². The summed E-state index contributed by atoms with van der Waals surface area (Å²) >= 11 is 6.04. The highest BCUT2D eigenvalue weighted by molar-refractivity contribution is 6.31. The van der Waals surface area contributed by atoms with E-state index in [9.17, 15) is 9.18 Å². The van der Waals surface area contributed by atoms with E-state index in [1.54, 1.807) is 13.2 Å². The second-order valence-electron chi connectivity index (χ2n) is 7.07. The number of nitrogens with one attached hydrogen (secondary N) is 1. The summed E-state index contributed by atoms with van der Waals surface area (Å²) in [5.41, 5.74) is 1.37. The predicted octanol–water partition coefficient (Wildman–Crippen LogP) is 4.37. The van der Waals surface area contributed by atoms with Crippen LogP contribution in [0.5, 0.6) is 5.75 Å². The fraction of sp³-hybridized carbons (Fsp3) is 0.409. The van der Waals surface area contributed by atoms with Gasteiger partial charge in [-0.15, -0.1) is 0 Å². The number of carbonyl (C=O) groups excluding carboxylic acids is 1. The fourth-order valence-corrected chi connectivity index (χ4v) is 3.88. The number of likely N-dealkylation sites (tertiary alicyclic amines) is 1. The molecule has 1 amide bonds. The Balaban J connectivity index is 1.69. The number of benzene rings is 2. The van der Waals surface area contributed by atoms with E-state index in [1.165, 1.54) is 18.6 Å². The molecule has 0 bridgehead atoms. The van der Waals surface area contributed by atoms with E-state index in [0.717, 1.165) is 37.2 Å². The molecule has 3 rings (SSSR count). The maximum atomic E-state index is 14.0. The predicted molar refractivity (Wildman–Crippen MR) is 109 cm³/mol. The molecule has 1 atom stereocenters. The third kappa shape index (κ3) is 5.24. The molecule has 0 aliphatic carbocycles. The quantitative estimate of drug-likeness (QED) is 0.744. The largest absolute Gasteiger partial charge is 0.497 e. The van der Waals surface area contributed by atoms with Crippen LogP contribution in [0, 0.1) is 5.82 Å². The minimum absolute atomic E-state index is 0.0686. The number of hydrogen-bond acceptors (Lipinski definition) is 3. The van der Waals surface area contributed by atoms with Crippen molar-refractivity contribution in [2.24, 2.45) is 0 Å². The van der Waals surface area contributed by atoms with Crippen LogP contribution in [0.3, 0.4) is 0 Å². The molecular weight excluding hydrogens is 379 g/mol. The molecule has 2 aromatic carbocycles. The van der Waals surface area contributed by atoms with Crippen LogP contribution in [0.4, 0.5) is 4.39 Å². The summed E-state index contributed by atoms with van der Waals surface area (Å²) in [6.07, 6.45) is 3.49. The standard InChI is InChI=1S/C22H26ClFN2O2/c1-28-17-10-8-16(9-11-17)21(26-12-3-2-4-13-26)15-25-22(27)14-18-19(23)6-5-7-20(18)24/h5-11,21H,2-4,12-15H2,1H3,(H,25,27)/t21-/m1/s1. The summed E-state index contributed by atoms with van der Waals surface area (Å²) in [6.45, 7) is 2.48. The average Bonchev–Trinajstić information content (AvgIpc) is 2.72. The molecule has 0 radical (unpaired) electrons. The zero-order chi connectivity index (χ0) is 19.9. The lowest BCUT2D eigenvalue weighted by Gasteiger charge is -2.35. The summed E-state index contributed by atoms with van der Waals surface area (Å²) in [5.74, 6) is 0.118. The molecule has 1 aliphatic rings. The van der Waals surface area contributed by atoms with Gasteiger partial charge in [-0.3, -0.25) is 9.69 Å². The minimum atomic E-state index is -0.453. The maximum absolute atomic E-state index is 14.0. The monoisotopic (exact) mass is 404 g/mol. The molecule has 4 nitrogen and oxygen atoms in total. The highest BCUT2D eigenvalue weighted by Crippen LogP contribution is 2.26. The van der Waals surface area contributed by atoms with Gasteiger partial charge in [0.15, 0.2) is 0 Å². The van der Waals surface area contributed by atoms with Gasteiger partial charge in [0.05, 0.1) is 19.6 Å². The molecule has 0 unspecified atom stereocenters. The summed E-state index contributed by atoms with van der Waals surface area (Å²) < 4.78 is 19.2. The smallest absolute Gasteiger partial charge is 0.224 e. The number of halogens is 2. The molecule has 150 valence electrons. The lowest BCUT2D eigenvalue weighted by Crippen LogP contribution is -2.41. The Morgan fingerprint density at radius 1 is 1.18 bits per heavy atom. The van der Waals surface area contributed by atoms with Crippen molar-refractivity contribution < 1.29 is 13.9 Å². The van der Waals surface area contributed by atoms with Crippen molar-refractivity contribution in [2.75, 3.05) is 26.7 Å². The van der Waals surface area contributed by atoms with E-state index in [4.69, 9.17) is 16.3 Å². The SMILES string of the molecule is COc1ccc([C@@H](CNC(=O)Cc2c(F)cccc2Cl)N2CCCCC2)cc1. The first-order valence-corrected chi connectivity index (χ1v) is 10.0. The Kier molecular flexibility index (Phi) is 7.29. The molecule has 1 heterocycles. The van der Waals surface area contributed by atoms with Crippen molar-refractivity contribution in [2.45, 2.75) is 31.7 Å². The van der Waals surface area contributed by atoms with Crippen molar-refractivity contribution in [1.82, 2.24) is 10.2 Å². The second kappa shape index (κ2) is 9.89. The number of amides is 1. The normalized spacial score (nSPS) is 15.8. The maximum Gasteiger partial charge on any atom is 0.224 e. The highest BCUT2D eigenvalue weighted by atomic mass is 35.5. The Bertz CT molecular complexity index is 771. The summed E-state index contributed by atoms with van der Waals surface area (Å²) in [5, 5.41) is 3.25. The van der Waals surface area contributed by atoms with Crippen LogP contribution in [0.25, 0.3) is 0 Å². The van der Waals surface area contributed by atoms with Gasteiger partial charge < -0.3 is 10.1 Å². The van der Waals surface area contributed by atoms with Gasteiger partial charge in [0.25, 0.3) is 0 Å². The fourth-order valence-electron chi connectivity index (χ4n) is 3.65. The van der Waals surface area contributed by atoms with Crippen molar-refractivity contribution in [3.05, 3.63) is 64.4 Å². The number of methoxy groups -OCH3 is 1. The van der Waals surface area contributed by atoms with Gasteiger partial charge in [-0.2, -0.15) is 0 Å². The van der Waals surface area contributed by atoms with Crippen LogP contribution in [-0.2, 0) is 11.2 Å². The molecule has 28 heavy (non-hydrogen) atoms. The Labute approximate surface area is 170 Å². The number of piperidine rings is 1. The van der Waals surface area contributed by atoms with Crippen LogP contribution in [0.2, 0.25) is 5.02 Å². The van der Waals surface area contributed by atoms with Crippen LogP contribution in [0.1, 0.15) is 36.4 Å². The van der Waals surface area contributed by atoms with E-state index in [-0.39, 0.29) is 29.0 Å². The van der Waals surface area contributed by atoms with Crippen LogP contribution in [-0.4, -0.2) is 37.6 Å². The molecule has 0 spiro atoms. The summed E-state index contributed by atoms with van der Waals surface area (Å²) in [4.78, 5) is 14.9. The van der Waals surface area contributed by atoms with Gasteiger partial charge in [0, 0.05) is 17.1 Å². The second-order valence-corrected chi connectivity index (χ2v) is 7.47. The molecular formula is C22H26ClFN2O2. The van der Waals surface area contributed by atoms with Gasteiger partial charge in [-0.05, 0) is 55.8 Å². The first kappa shape index (κ1) is 20.6. The van der Waals surface area contributed by atoms with Crippen LogP contribution < -0.4 is 10.1 Å². The topological polar surface area (TPSA) is 41.6 Å². The number of hydrogen-bond donors (Lipinski definition) is 1. The molecule has 1 fully saturated rings. The van der Waals surface area contributed by atoms with Crippen molar-refractivity contribution in [3.63, 3.8) is 0 Å². The van der Waals surface area contributed by atoms with Crippen LogP contribution in [0.15, 0.2) is 42.5 Å². The Morgan fingerprint density at radius 2 is 1.89 bits per heavy atom. The average molecular weight is 405 g/mol. The Hall–Kier alpha value is -2.11. The zero-order valence-electron chi connectivity index (χ0n) is 16.1. The van der Waals surface area contributed by atoms with E-state index >= 15 is 0 Å². The van der Waals surface area contributed by atoms with E-state index < -0.39 is 5.82 Å². The highest BCUT2D eigenvalue weighted by Gasteiger charge is 2.23. The van der Waals surface area contributed by atoms with Gasteiger partial charge in [0.2, 0.25) is 5.91 Å². The van der Waals surface area contributed by atoms with Crippen LogP contribution >= 0.6 is 11.6 Å². The summed E-state index contributed by atoms with van der Waals surface area (Å²) in [6, 6.07) is 12.5. The number of carbonyl (C=O) groups is 1. The minimum Gasteiger partial charge on any atom is -0.497 e. The van der Waals surface area contributed by atoms with Gasteiger partial charge in [-0.25, -0.2) is 4.39 Å². The molecule has 1 saturated heterocycles. The first-order valence-electron chi connectivity index (χ1n) is 9.66. The number of ether oxygens (including phenoxy) is 1. The molecule has 0 aromatic heterocycles. The lowest BCUT2D eigenvalue weighted by molar-refractivity contribution is -0.120. The molecule has 2 aromatic rings. The van der Waals surface area contributed by atoms with Gasteiger partial charge >= 0.3 is 0 Å². The molecule has 0 saturated carbocycles. The van der Waals surface area contributed by atoms with Gasteiger partial charge in [0.1, 0.15) is 11.6 Å². The van der Waals surface area contributed by atoms with Crippen molar-refractivity contribution >= 4 is 17.5 Å². The summed E-state index contributed by atoms with van der Waals surface area (Å²) in [7, 11) is 1.64. The third-order valence-corrected chi connectivity index (χ3v) is 5.58. The lowest BCUT2D eigenvalue weighted by atomic mass is 10.0. The molecule has 6 heteroatoms. The third-order valence-electron chi connectivity index (χ3n) is 5.22.